The second kappa shape index (κ2) is 11.8. The SMILES string of the molecule is CC(=O)COCCOCCNC(=O)CC[C@H](N)C(C)C. The van der Waals surface area contributed by atoms with Crippen molar-refractivity contribution in [1.82, 2.24) is 5.32 Å². The van der Waals surface area contributed by atoms with Crippen molar-refractivity contribution in [2.24, 2.45) is 11.7 Å². The lowest BCUT2D eigenvalue weighted by molar-refractivity contribution is -0.123. The molecule has 0 aliphatic rings. The first-order valence-corrected chi connectivity index (χ1v) is 7.10. The fraction of sp³-hybridized carbons (Fsp3) is 0.857. The highest BCUT2D eigenvalue weighted by atomic mass is 16.5. The zero-order valence-electron chi connectivity index (χ0n) is 12.8. The van der Waals surface area contributed by atoms with Crippen molar-refractivity contribution in [3.05, 3.63) is 0 Å². The van der Waals surface area contributed by atoms with Crippen molar-refractivity contribution in [2.75, 3.05) is 33.0 Å². The molecule has 20 heavy (non-hydrogen) atoms. The molecule has 1 atom stereocenters. The molecule has 0 unspecified atom stereocenters. The molecule has 0 fully saturated rings. The Bertz CT molecular complexity index is 282. The van der Waals surface area contributed by atoms with Gasteiger partial charge in [-0.2, -0.15) is 0 Å². The van der Waals surface area contributed by atoms with Gasteiger partial charge in [-0.05, 0) is 19.3 Å². The number of rotatable bonds is 12. The highest BCUT2D eigenvalue weighted by molar-refractivity contribution is 5.76. The molecule has 1 amide bonds. The van der Waals surface area contributed by atoms with Gasteiger partial charge in [0.25, 0.3) is 0 Å². The van der Waals surface area contributed by atoms with E-state index >= 15 is 0 Å². The maximum Gasteiger partial charge on any atom is 0.220 e. The molecule has 6 nitrogen and oxygen atoms in total. The van der Waals surface area contributed by atoms with Crippen molar-refractivity contribution in [3.8, 4) is 0 Å². The third-order valence-corrected chi connectivity index (χ3v) is 2.81. The van der Waals surface area contributed by atoms with Crippen LogP contribution < -0.4 is 11.1 Å². The van der Waals surface area contributed by atoms with E-state index in [9.17, 15) is 9.59 Å². The Morgan fingerprint density at radius 3 is 2.40 bits per heavy atom. The Kier molecular flexibility index (Phi) is 11.2. The predicted octanol–water partition coefficient (Wildman–Crippen LogP) is 0.488. The number of hydrogen-bond donors (Lipinski definition) is 2. The summed E-state index contributed by atoms with van der Waals surface area (Å²) in [6, 6.07) is 0.0652. The fourth-order valence-electron chi connectivity index (χ4n) is 1.42. The largest absolute Gasteiger partial charge is 0.377 e. The summed E-state index contributed by atoms with van der Waals surface area (Å²) in [5.41, 5.74) is 5.87. The summed E-state index contributed by atoms with van der Waals surface area (Å²) in [6.07, 6.45) is 1.14. The van der Waals surface area contributed by atoms with Gasteiger partial charge in [0.15, 0.2) is 5.78 Å². The van der Waals surface area contributed by atoms with Crippen LogP contribution in [-0.2, 0) is 19.1 Å². The Hall–Kier alpha value is -0.980. The monoisotopic (exact) mass is 288 g/mol. The Labute approximate surface area is 121 Å². The van der Waals surface area contributed by atoms with Crippen molar-refractivity contribution in [3.63, 3.8) is 0 Å². The van der Waals surface area contributed by atoms with Crippen molar-refractivity contribution in [1.29, 1.82) is 0 Å². The van der Waals surface area contributed by atoms with Gasteiger partial charge in [0.1, 0.15) is 6.61 Å². The van der Waals surface area contributed by atoms with Gasteiger partial charge in [0.2, 0.25) is 5.91 Å². The summed E-state index contributed by atoms with van der Waals surface area (Å²) >= 11 is 0. The van der Waals surface area contributed by atoms with E-state index in [1.807, 2.05) is 13.8 Å². The first-order chi connectivity index (χ1) is 9.43. The second-order valence-corrected chi connectivity index (χ2v) is 5.16. The highest BCUT2D eigenvalue weighted by Crippen LogP contribution is 2.04. The number of amides is 1. The summed E-state index contributed by atoms with van der Waals surface area (Å²) in [4.78, 5) is 22.1. The normalized spacial score (nSPS) is 12.4. The Balaban J connectivity index is 3.33. The lowest BCUT2D eigenvalue weighted by atomic mass is 10.0. The van der Waals surface area contributed by atoms with E-state index in [1.54, 1.807) is 0 Å². The molecule has 118 valence electrons. The van der Waals surface area contributed by atoms with Crippen LogP contribution in [-0.4, -0.2) is 50.7 Å². The first kappa shape index (κ1) is 19.0. The van der Waals surface area contributed by atoms with Crippen molar-refractivity contribution >= 4 is 11.7 Å². The molecule has 0 saturated carbocycles. The third kappa shape index (κ3) is 12.1. The molecular weight excluding hydrogens is 260 g/mol. The van der Waals surface area contributed by atoms with Crippen LogP contribution in [0.15, 0.2) is 0 Å². The van der Waals surface area contributed by atoms with E-state index in [4.69, 9.17) is 15.2 Å². The number of carbonyl (C=O) groups is 2. The van der Waals surface area contributed by atoms with Crippen LogP contribution in [0.3, 0.4) is 0 Å². The van der Waals surface area contributed by atoms with E-state index in [2.05, 4.69) is 5.32 Å². The summed E-state index contributed by atoms with van der Waals surface area (Å²) in [5.74, 6) is 0.385. The highest BCUT2D eigenvalue weighted by Gasteiger charge is 2.09. The molecule has 0 radical (unpaired) electrons. The molecule has 3 N–H and O–H groups in total. The maximum atomic E-state index is 11.5. The van der Waals surface area contributed by atoms with Crippen LogP contribution in [0, 0.1) is 5.92 Å². The van der Waals surface area contributed by atoms with Crippen LogP contribution in [0.4, 0.5) is 0 Å². The second-order valence-electron chi connectivity index (χ2n) is 5.16. The van der Waals surface area contributed by atoms with E-state index in [0.717, 1.165) is 0 Å². The number of ketones is 1. The zero-order chi connectivity index (χ0) is 15.4. The van der Waals surface area contributed by atoms with Gasteiger partial charge in [0, 0.05) is 19.0 Å². The van der Waals surface area contributed by atoms with Crippen molar-refractivity contribution in [2.45, 2.75) is 39.7 Å². The first-order valence-electron chi connectivity index (χ1n) is 7.10. The topological polar surface area (TPSA) is 90.6 Å². The maximum absolute atomic E-state index is 11.5. The molecule has 0 heterocycles. The fourth-order valence-corrected chi connectivity index (χ4v) is 1.42. The van der Waals surface area contributed by atoms with Crippen LogP contribution in [0.1, 0.15) is 33.6 Å². The predicted molar refractivity (Wildman–Crippen MR) is 77.4 cm³/mol. The average molecular weight is 288 g/mol. The zero-order valence-corrected chi connectivity index (χ0v) is 12.8. The molecule has 0 aromatic heterocycles. The van der Waals surface area contributed by atoms with Crippen LogP contribution in [0.5, 0.6) is 0 Å². The number of carbonyl (C=O) groups excluding carboxylic acids is 2. The number of ether oxygens (including phenoxy) is 2. The molecule has 0 aliphatic heterocycles. The molecule has 0 aliphatic carbocycles. The van der Waals surface area contributed by atoms with Gasteiger partial charge in [-0.1, -0.05) is 13.8 Å². The minimum Gasteiger partial charge on any atom is -0.377 e. The quantitative estimate of drug-likeness (QED) is 0.510. The van der Waals surface area contributed by atoms with Gasteiger partial charge < -0.3 is 20.5 Å². The Morgan fingerprint density at radius 1 is 1.15 bits per heavy atom. The lowest BCUT2D eigenvalue weighted by Gasteiger charge is -2.14. The number of hydrogen-bond acceptors (Lipinski definition) is 5. The summed E-state index contributed by atoms with van der Waals surface area (Å²) in [6.45, 7) is 7.40. The van der Waals surface area contributed by atoms with Gasteiger partial charge in [-0.3, -0.25) is 9.59 Å². The molecule has 0 aromatic carbocycles. The van der Waals surface area contributed by atoms with Crippen LogP contribution in [0.2, 0.25) is 0 Å². The molecule has 0 bridgehead atoms. The summed E-state index contributed by atoms with van der Waals surface area (Å²) in [5, 5.41) is 2.77. The average Bonchev–Trinajstić information content (AvgIpc) is 2.38. The van der Waals surface area contributed by atoms with E-state index in [0.29, 0.717) is 45.1 Å². The number of nitrogens with one attached hydrogen (secondary N) is 1. The molecule has 0 rings (SSSR count). The van der Waals surface area contributed by atoms with Crippen LogP contribution >= 0.6 is 0 Å². The molecular formula is C14H28N2O4. The Morgan fingerprint density at radius 2 is 1.80 bits per heavy atom. The molecule has 6 heteroatoms. The minimum absolute atomic E-state index is 0.00229. The van der Waals surface area contributed by atoms with Gasteiger partial charge in [-0.15, -0.1) is 0 Å². The number of nitrogens with two attached hydrogens (primary N) is 1. The van der Waals surface area contributed by atoms with E-state index in [1.165, 1.54) is 6.92 Å². The molecule has 0 saturated heterocycles. The van der Waals surface area contributed by atoms with E-state index < -0.39 is 0 Å². The minimum atomic E-state index is -0.00290. The standard InChI is InChI=1S/C14H28N2O4/c1-11(2)13(15)4-5-14(18)16-6-7-19-8-9-20-10-12(3)17/h11,13H,4-10,15H2,1-3H3,(H,16,18)/t13-/m0/s1. The molecule has 0 spiro atoms. The van der Waals surface area contributed by atoms with Gasteiger partial charge in [-0.25, -0.2) is 0 Å². The summed E-state index contributed by atoms with van der Waals surface area (Å²) < 4.78 is 10.3. The third-order valence-electron chi connectivity index (χ3n) is 2.81. The number of Topliss-reactive ketones (excluding diaryl/α,β-unsaturated/α-hetero) is 1. The smallest absolute Gasteiger partial charge is 0.220 e. The van der Waals surface area contributed by atoms with Crippen molar-refractivity contribution < 1.29 is 19.1 Å². The summed E-state index contributed by atoms with van der Waals surface area (Å²) in [7, 11) is 0. The van der Waals surface area contributed by atoms with Gasteiger partial charge in [0.05, 0.1) is 19.8 Å². The molecule has 0 aromatic rings. The lowest BCUT2D eigenvalue weighted by Crippen LogP contribution is -2.31. The van der Waals surface area contributed by atoms with Gasteiger partial charge >= 0.3 is 0 Å². The van der Waals surface area contributed by atoms with E-state index in [-0.39, 0.29) is 24.3 Å². The van der Waals surface area contributed by atoms with Crippen LogP contribution in [0.25, 0.3) is 0 Å².